The van der Waals surface area contributed by atoms with E-state index in [0.717, 1.165) is 103 Å². The van der Waals surface area contributed by atoms with Gasteiger partial charge in [-0.2, -0.15) is 0 Å². The normalized spacial score (nSPS) is 12.7. The summed E-state index contributed by atoms with van der Waals surface area (Å²) in [5, 5.41) is 0. The molecule has 6 nitrogen and oxygen atoms in total. The third kappa shape index (κ3) is 67.1. The van der Waals surface area contributed by atoms with Crippen molar-refractivity contribution in [3.05, 3.63) is 97.2 Å². The first kappa shape index (κ1) is 78.3. The maximum Gasteiger partial charge on any atom is 0.306 e. The van der Waals surface area contributed by atoms with E-state index in [0.29, 0.717) is 19.3 Å². The van der Waals surface area contributed by atoms with E-state index in [2.05, 4.69) is 118 Å². The molecule has 0 aliphatic rings. The molecule has 0 heterocycles. The average molecular weight is 1140 g/mol. The number of carbonyl (C=O) groups is 3. The van der Waals surface area contributed by atoms with Gasteiger partial charge in [-0.05, 0) is 122 Å². The smallest absolute Gasteiger partial charge is 0.306 e. The van der Waals surface area contributed by atoms with E-state index in [1.165, 1.54) is 205 Å². The number of esters is 3. The van der Waals surface area contributed by atoms with Crippen LogP contribution in [-0.2, 0) is 28.6 Å². The van der Waals surface area contributed by atoms with Crippen molar-refractivity contribution in [2.45, 2.75) is 354 Å². The van der Waals surface area contributed by atoms with Crippen molar-refractivity contribution >= 4 is 17.9 Å². The lowest BCUT2D eigenvalue weighted by Crippen LogP contribution is -2.30. The molecular formula is C76H132O6. The Balaban J connectivity index is 4.38. The Hall–Kier alpha value is -3.67. The summed E-state index contributed by atoms with van der Waals surface area (Å²) in [6.07, 6.45) is 94.2. The first-order chi connectivity index (χ1) is 40.5. The summed E-state index contributed by atoms with van der Waals surface area (Å²) in [6.45, 7) is 6.54. The molecule has 1 unspecified atom stereocenters. The quantitative estimate of drug-likeness (QED) is 0.0261. The van der Waals surface area contributed by atoms with Crippen LogP contribution in [-0.4, -0.2) is 37.2 Å². The molecule has 0 fully saturated rings. The standard InChI is InChI=1S/C76H132O6/c1-4-7-10-13-16-19-22-25-28-31-34-36-37-38-39-41-42-45-48-51-54-57-60-63-66-69-75(78)81-72-73(71-80-74(77)68-65-62-59-56-53-50-47-44-33-30-27-24-21-18-15-12-9-6-3)82-76(79)70-67-64-61-58-55-52-49-46-43-40-35-32-29-26-23-20-17-14-11-8-5-2/h8,11,17,20,22,25-26,29-31,33-35,37-38,40,73H,4-7,9-10,12-16,18-19,21,23-24,27-28,32,36,39,41-72H2,1-3H3/b11-8-,20-17-,25-22-,29-26-,33-30-,34-31-,38-37-,40-35-. The molecule has 0 bridgehead atoms. The fourth-order valence-corrected chi connectivity index (χ4v) is 10.0. The zero-order valence-electron chi connectivity index (χ0n) is 54.2. The van der Waals surface area contributed by atoms with E-state index >= 15 is 0 Å². The van der Waals surface area contributed by atoms with Crippen molar-refractivity contribution in [3.8, 4) is 0 Å². The van der Waals surface area contributed by atoms with Crippen LogP contribution in [0.3, 0.4) is 0 Å². The molecule has 0 rings (SSSR count). The lowest BCUT2D eigenvalue weighted by atomic mass is 10.1. The van der Waals surface area contributed by atoms with Gasteiger partial charge < -0.3 is 14.2 Å². The van der Waals surface area contributed by atoms with Crippen LogP contribution in [0.2, 0.25) is 0 Å². The first-order valence-electron chi connectivity index (χ1n) is 35.2. The monoisotopic (exact) mass is 1140 g/mol. The van der Waals surface area contributed by atoms with Gasteiger partial charge in [0.1, 0.15) is 13.2 Å². The second-order valence-electron chi connectivity index (χ2n) is 23.4. The third-order valence-electron chi connectivity index (χ3n) is 15.3. The molecule has 0 radical (unpaired) electrons. The molecule has 0 aromatic carbocycles. The van der Waals surface area contributed by atoms with E-state index in [1.807, 2.05) is 0 Å². The molecule has 1 atom stereocenters. The van der Waals surface area contributed by atoms with Gasteiger partial charge in [-0.25, -0.2) is 0 Å². The van der Waals surface area contributed by atoms with Gasteiger partial charge in [0.15, 0.2) is 6.10 Å². The molecule has 6 heteroatoms. The van der Waals surface area contributed by atoms with Crippen molar-refractivity contribution in [1.82, 2.24) is 0 Å². The Labute approximate surface area is 508 Å². The fraction of sp³-hybridized carbons (Fsp3) is 0.750. The summed E-state index contributed by atoms with van der Waals surface area (Å²) in [4.78, 5) is 38.5. The van der Waals surface area contributed by atoms with Crippen LogP contribution in [0, 0.1) is 0 Å². The fourth-order valence-electron chi connectivity index (χ4n) is 10.0. The van der Waals surface area contributed by atoms with Gasteiger partial charge in [-0.15, -0.1) is 0 Å². The summed E-state index contributed by atoms with van der Waals surface area (Å²) in [5.74, 6) is -0.883. The van der Waals surface area contributed by atoms with Gasteiger partial charge in [0.05, 0.1) is 0 Å². The van der Waals surface area contributed by atoms with Crippen molar-refractivity contribution in [1.29, 1.82) is 0 Å². The van der Waals surface area contributed by atoms with Crippen LogP contribution in [0.4, 0.5) is 0 Å². The molecule has 0 aromatic rings. The maximum absolute atomic E-state index is 13.0. The summed E-state index contributed by atoms with van der Waals surface area (Å²) in [5.41, 5.74) is 0. The molecule has 0 spiro atoms. The highest BCUT2D eigenvalue weighted by atomic mass is 16.6. The summed E-state index contributed by atoms with van der Waals surface area (Å²) < 4.78 is 17.0. The number of unbranched alkanes of at least 4 members (excludes halogenated alkanes) is 37. The number of carbonyl (C=O) groups excluding carboxylic acids is 3. The van der Waals surface area contributed by atoms with Crippen LogP contribution >= 0.6 is 0 Å². The first-order valence-corrected chi connectivity index (χ1v) is 35.2. The maximum atomic E-state index is 13.0. The van der Waals surface area contributed by atoms with Crippen molar-refractivity contribution in [2.24, 2.45) is 0 Å². The molecule has 0 amide bonds. The molecule has 472 valence electrons. The lowest BCUT2D eigenvalue weighted by molar-refractivity contribution is -0.167. The second kappa shape index (κ2) is 69.8. The molecule has 0 N–H and O–H groups in total. The lowest BCUT2D eigenvalue weighted by Gasteiger charge is -2.18. The summed E-state index contributed by atoms with van der Waals surface area (Å²) in [6, 6.07) is 0. The van der Waals surface area contributed by atoms with E-state index in [-0.39, 0.29) is 31.1 Å². The molecule has 0 aliphatic carbocycles. The van der Waals surface area contributed by atoms with Crippen molar-refractivity contribution < 1.29 is 28.6 Å². The minimum Gasteiger partial charge on any atom is -0.462 e. The molecule has 0 aromatic heterocycles. The van der Waals surface area contributed by atoms with Gasteiger partial charge >= 0.3 is 17.9 Å². The highest BCUT2D eigenvalue weighted by Gasteiger charge is 2.19. The van der Waals surface area contributed by atoms with Gasteiger partial charge in [0, 0.05) is 19.3 Å². The van der Waals surface area contributed by atoms with E-state index < -0.39 is 6.10 Å². The second-order valence-corrected chi connectivity index (χ2v) is 23.4. The van der Waals surface area contributed by atoms with Crippen molar-refractivity contribution in [3.63, 3.8) is 0 Å². The van der Waals surface area contributed by atoms with Crippen LogP contribution < -0.4 is 0 Å². The van der Waals surface area contributed by atoms with Gasteiger partial charge in [0.2, 0.25) is 0 Å². The van der Waals surface area contributed by atoms with E-state index in [9.17, 15) is 14.4 Å². The summed E-state index contributed by atoms with van der Waals surface area (Å²) >= 11 is 0. The van der Waals surface area contributed by atoms with E-state index in [1.54, 1.807) is 0 Å². The molecule has 0 saturated heterocycles. The molecule has 0 aliphatic heterocycles. The Morgan fingerprint density at radius 1 is 0.256 bits per heavy atom. The van der Waals surface area contributed by atoms with Crippen LogP contribution in [0.1, 0.15) is 348 Å². The molecule has 0 saturated carbocycles. The van der Waals surface area contributed by atoms with Crippen LogP contribution in [0.15, 0.2) is 97.2 Å². The van der Waals surface area contributed by atoms with Gasteiger partial charge in [-0.1, -0.05) is 304 Å². The highest BCUT2D eigenvalue weighted by Crippen LogP contribution is 2.17. The van der Waals surface area contributed by atoms with Crippen molar-refractivity contribution in [2.75, 3.05) is 13.2 Å². The topological polar surface area (TPSA) is 78.9 Å². The number of rotatable bonds is 64. The minimum atomic E-state index is -0.789. The van der Waals surface area contributed by atoms with Crippen LogP contribution in [0.25, 0.3) is 0 Å². The summed E-state index contributed by atoms with van der Waals surface area (Å²) in [7, 11) is 0. The Kier molecular flexibility index (Phi) is 66.7. The molecular weight excluding hydrogens is 1010 g/mol. The Bertz CT molecular complexity index is 1590. The largest absolute Gasteiger partial charge is 0.462 e. The number of allylic oxidation sites excluding steroid dienone is 16. The zero-order valence-corrected chi connectivity index (χ0v) is 54.2. The SMILES string of the molecule is CC/C=C\C/C=C\C/C=C\C/C=C\CCCCCCCCCCC(=O)OC(COC(=O)CCCCCCCCC/C=C\CCCCCCCCC)COC(=O)CCCCCCCCCCCC/C=C\C/C=C\C/C=C\CCCCCCC. The third-order valence-corrected chi connectivity index (χ3v) is 15.3. The number of hydrogen-bond donors (Lipinski definition) is 0. The Morgan fingerprint density at radius 3 is 0.756 bits per heavy atom. The number of hydrogen-bond acceptors (Lipinski definition) is 6. The molecule has 82 heavy (non-hydrogen) atoms. The average Bonchev–Trinajstić information content (AvgIpc) is 3.47. The van der Waals surface area contributed by atoms with E-state index in [4.69, 9.17) is 14.2 Å². The van der Waals surface area contributed by atoms with Gasteiger partial charge in [-0.3, -0.25) is 14.4 Å². The predicted octanol–water partition coefficient (Wildman–Crippen LogP) is 24.4. The van der Waals surface area contributed by atoms with Crippen LogP contribution in [0.5, 0.6) is 0 Å². The van der Waals surface area contributed by atoms with Gasteiger partial charge in [0.25, 0.3) is 0 Å². The Morgan fingerprint density at radius 2 is 0.476 bits per heavy atom. The number of ether oxygens (including phenoxy) is 3. The predicted molar refractivity (Wildman–Crippen MR) is 357 cm³/mol. The minimum absolute atomic E-state index is 0.0830. The highest BCUT2D eigenvalue weighted by molar-refractivity contribution is 5.71. The zero-order chi connectivity index (χ0) is 59.2.